The molecule has 1 fully saturated rings. The number of nitrogens with one attached hydrogen (secondary N) is 1. The topological polar surface area (TPSA) is 51.5 Å². The molecule has 128 valence electrons. The van der Waals surface area contributed by atoms with Gasteiger partial charge in [-0.3, -0.25) is 4.79 Å². The molecular weight excluding hydrogens is 302 g/mol. The first-order chi connectivity index (χ1) is 11.5. The van der Waals surface area contributed by atoms with Crippen molar-refractivity contribution in [1.82, 2.24) is 5.32 Å². The zero-order valence-electron chi connectivity index (χ0n) is 14.6. The van der Waals surface area contributed by atoms with E-state index in [1.54, 1.807) is 0 Å². The van der Waals surface area contributed by atoms with Crippen molar-refractivity contribution in [1.29, 1.82) is 0 Å². The second kappa shape index (κ2) is 7.12. The summed E-state index contributed by atoms with van der Waals surface area (Å²) in [6.45, 7) is 5.79. The maximum absolute atomic E-state index is 12.4. The lowest BCUT2D eigenvalue weighted by Gasteiger charge is -2.15. The Bertz CT molecular complexity index is 696. The second-order valence-corrected chi connectivity index (χ2v) is 6.61. The number of aryl methyl sites for hydroxylation is 2. The van der Waals surface area contributed by atoms with Gasteiger partial charge in [-0.15, -0.1) is 0 Å². The highest BCUT2D eigenvalue weighted by Crippen LogP contribution is 2.25. The Balaban J connectivity index is 1.61. The number of furan rings is 1. The Hall–Kier alpha value is -2.23. The van der Waals surface area contributed by atoms with Gasteiger partial charge >= 0.3 is 0 Å². The fraction of sp³-hybridized carbons (Fsp3) is 0.450. The first kappa shape index (κ1) is 16.6. The van der Waals surface area contributed by atoms with Gasteiger partial charge in [0.1, 0.15) is 17.3 Å². The van der Waals surface area contributed by atoms with Crippen LogP contribution in [0.4, 0.5) is 0 Å². The van der Waals surface area contributed by atoms with Crippen LogP contribution < -0.4 is 10.1 Å². The van der Waals surface area contributed by atoms with Crippen LogP contribution in [-0.2, 0) is 0 Å². The molecule has 1 aliphatic rings. The Morgan fingerprint density at radius 1 is 1.21 bits per heavy atom. The Labute approximate surface area is 143 Å². The van der Waals surface area contributed by atoms with E-state index in [-0.39, 0.29) is 11.9 Å². The molecule has 4 heteroatoms. The van der Waals surface area contributed by atoms with Gasteiger partial charge in [0.25, 0.3) is 5.91 Å². The molecule has 0 unspecified atom stereocenters. The average Bonchev–Trinajstić information content (AvgIpc) is 3.17. The van der Waals surface area contributed by atoms with E-state index < -0.39 is 0 Å². The van der Waals surface area contributed by atoms with E-state index in [1.807, 2.05) is 51.1 Å². The highest BCUT2D eigenvalue weighted by Gasteiger charge is 2.18. The van der Waals surface area contributed by atoms with Gasteiger partial charge < -0.3 is 14.5 Å². The predicted octanol–water partition coefficient (Wildman–Crippen LogP) is 4.71. The summed E-state index contributed by atoms with van der Waals surface area (Å²) in [6.07, 6.45) is 5.08. The molecule has 1 aliphatic carbocycles. The van der Waals surface area contributed by atoms with Crippen molar-refractivity contribution < 1.29 is 13.9 Å². The van der Waals surface area contributed by atoms with Crippen LogP contribution in [-0.4, -0.2) is 12.0 Å². The molecule has 4 nitrogen and oxygen atoms in total. The van der Waals surface area contributed by atoms with E-state index in [1.165, 1.54) is 12.8 Å². The van der Waals surface area contributed by atoms with E-state index in [4.69, 9.17) is 9.15 Å². The van der Waals surface area contributed by atoms with Gasteiger partial charge in [0.05, 0.1) is 12.1 Å². The summed E-state index contributed by atoms with van der Waals surface area (Å²) in [5.41, 5.74) is 1.65. The third-order valence-electron chi connectivity index (χ3n) is 4.61. The highest BCUT2D eigenvalue weighted by atomic mass is 16.5. The smallest absolute Gasteiger partial charge is 0.251 e. The number of carbonyl (C=O) groups excluding carboxylic acids is 1. The highest BCUT2D eigenvalue weighted by molar-refractivity contribution is 5.94. The lowest BCUT2D eigenvalue weighted by atomic mass is 10.1. The molecule has 24 heavy (non-hydrogen) atoms. The maximum atomic E-state index is 12.4. The van der Waals surface area contributed by atoms with Crippen molar-refractivity contribution in [3.63, 3.8) is 0 Å². The zero-order chi connectivity index (χ0) is 17.1. The summed E-state index contributed by atoms with van der Waals surface area (Å²) < 4.78 is 11.5. The number of amides is 1. The molecule has 0 saturated heterocycles. The Morgan fingerprint density at radius 3 is 2.46 bits per heavy atom. The molecule has 0 aliphatic heterocycles. The molecule has 0 radical (unpaired) electrons. The minimum Gasteiger partial charge on any atom is -0.490 e. The van der Waals surface area contributed by atoms with Gasteiger partial charge in [-0.2, -0.15) is 0 Å². The first-order valence-electron chi connectivity index (χ1n) is 8.67. The molecule has 1 atom stereocenters. The molecule has 1 aromatic carbocycles. The van der Waals surface area contributed by atoms with Gasteiger partial charge in [0, 0.05) is 11.1 Å². The molecule has 3 rings (SSSR count). The average molecular weight is 327 g/mol. The van der Waals surface area contributed by atoms with Gasteiger partial charge in [0.15, 0.2) is 0 Å². The van der Waals surface area contributed by atoms with E-state index in [0.29, 0.717) is 11.7 Å². The minimum atomic E-state index is -0.0932. The van der Waals surface area contributed by atoms with E-state index in [9.17, 15) is 4.79 Å². The fourth-order valence-corrected chi connectivity index (χ4v) is 3.32. The Kier molecular flexibility index (Phi) is 4.93. The fourth-order valence-electron chi connectivity index (χ4n) is 3.32. The van der Waals surface area contributed by atoms with Crippen LogP contribution in [0.3, 0.4) is 0 Å². The second-order valence-electron chi connectivity index (χ2n) is 6.61. The molecule has 1 N–H and O–H groups in total. The van der Waals surface area contributed by atoms with Crippen molar-refractivity contribution in [3.8, 4) is 5.75 Å². The standard InChI is InChI=1S/C20H25NO3/c1-13-12-19(15(3)23-13)14(2)21-20(22)16-8-10-18(11-9-16)24-17-6-4-5-7-17/h8-12,14,17H,4-7H2,1-3H3,(H,21,22)/t14-/m1/s1. The number of hydrogen-bond acceptors (Lipinski definition) is 3. The van der Waals surface area contributed by atoms with Gasteiger partial charge in [-0.1, -0.05) is 0 Å². The summed E-state index contributed by atoms with van der Waals surface area (Å²) in [5, 5.41) is 3.02. The van der Waals surface area contributed by atoms with Crippen molar-refractivity contribution in [2.24, 2.45) is 0 Å². The summed E-state index contributed by atoms with van der Waals surface area (Å²) in [7, 11) is 0. The van der Waals surface area contributed by atoms with E-state index >= 15 is 0 Å². The van der Waals surface area contributed by atoms with Crippen molar-refractivity contribution in [2.45, 2.75) is 58.6 Å². The summed E-state index contributed by atoms with van der Waals surface area (Å²) in [6, 6.07) is 9.28. The summed E-state index contributed by atoms with van der Waals surface area (Å²) in [5.74, 6) is 2.46. The van der Waals surface area contributed by atoms with Crippen LogP contribution >= 0.6 is 0 Å². The summed E-state index contributed by atoms with van der Waals surface area (Å²) >= 11 is 0. The largest absolute Gasteiger partial charge is 0.490 e. The molecule has 0 spiro atoms. The number of ether oxygens (including phenoxy) is 1. The molecule has 0 bridgehead atoms. The van der Waals surface area contributed by atoms with Crippen molar-refractivity contribution >= 4 is 5.91 Å². The van der Waals surface area contributed by atoms with Crippen LogP contribution in [0.2, 0.25) is 0 Å². The van der Waals surface area contributed by atoms with Crippen LogP contribution in [0.15, 0.2) is 34.7 Å². The molecule has 2 aromatic rings. The number of rotatable bonds is 5. The normalized spacial score (nSPS) is 16.1. The maximum Gasteiger partial charge on any atom is 0.251 e. The zero-order valence-corrected chi connectivity index (χ0v) is 14.6. The number of carbonyl (C=O) groups is 1. The molecule has 1 amide bonds. The van der Waals surface area contributed by atoms with Crippen molar-refractivity contribution in [2.75, 3.05) is 0 Å². The van der Waals surface area contributed by atoms with Crippen LogP contribution in [0.1, 0.15) is 66.1 Å². The lowest BCUT2D eigenvalue weighted by molar-refractivity contribution is 0.0939. The minimum absolute atomic E-state index is 0.0897. The molecule has 1 heterocycles. The summed E-state index contributed by atoms with van der Waals surface area (Å²) in [4.78, 5) is 12.4. The Morgan fingerprint density at radius 2 is 1.88 bits per heavy atom. The molecule has 1 aromatic heterocycles. The van der Waals surface area contributed by atoms with Crippen LogP contribution in [0.25, 0.3) is 0 Å². The number of hydrogen-bond donors (Lipinski definition) is 1. The third-order valence-corrected chi connectivity index (χ3v) is 4.61. The SMILES string of the molecule is Cc1cc([C@@H](C)NC(=O)c2ccc(OC3CCCC3)cc2)c(C)o1. The van der Waals surface area contributed by atoms with E-state index in [0.717, 1.165) is 35.7 Å². The first-order valence-corrected chi connectivity index (χ1v) is 8.67. The van der Waals surface area contributed by atoms with Crippen molar-refractivity contribution in [3.05, 3.63) is 53.0 Å². The monoisotopic (exact) mass is 327 g/mol. The van der Waals surface area contributed by atoms with Gasteiger partial charge in [0.2, 0.25) is 0 Å². The quantitative estimate of drug-likeness (QED) is 0.865. The van der Waals surface area contributed by atoms with E-state index in [2.05, 4.69) is 5.32 Å². The van der Waals surface area contributed by atoms with Crippen LogP contribution in [0, 0.1) is 13.8 Å². The van der Waals surface area contributed by atoms with Gasteiger partial charge in [-0.05, 0) is 76.8 Å². The third kappa shape index (κ3) is 3.81. The van der Waals surface area contributed by atoms with Gasteiger partial charge in [-0.25, -0.2) is 0 Å². The number of benzene rings is 1. The molecular formula is C20H25NO3. The van der Waals surface area contributed by atoms with Crippen LogP contribution in [0.5, 0.6) is 5.75 Å². The molecule has 1 saturated carbocycles. The predicted molar refractivity (Wildman–Crippen MR) is 93.4 cm³/mol. The lowest BCUT2D eigenvalue weighted by Crippen LogP contribution is -2.26.